The van der Waals surface area contributed by atoms with Crippen molar-refractivity contribution in [2.24, 2.45) is 0 Å². The van der Waals surface area contributed by atoms with Crippen molar-refractivity contribution in [1.82, 2.24) is 0 Å². The Bertz CT molecular complexity index is 1210. The molecule has 346 valence electrons. The number of aliphatic hydroxyl groups is 2. The lowest BCUT2D eigenvalue weighted by atomic mass is 10.1. The summed E-state index contributed by atoms with van der Waals surface area (Å²) >= 11 is 0. The molecule has 0 aromatic heterocycles. The summed E-state index contributed by atoms with van der Waals surface area (Å²) in [6.45, 7) is 3.30. The van der Waals surface area contributed by atoms with Gasteiger partial charge in [0.25, 0.3) is 0 Å². The second-order valence-corrected chi connectivity index (χ2v) is 16.8. The number of esters is 1. The van der Waals surface area contributed by atoms with Gasteiger partial charge in [-0.25, -0.2) is 4.57 Å². The van der Waals surface area contributed by atoms with E-state index < -0.39 is 45.8 Å². The largest absolute Gasteiger partial charge is 0.472 e. The van der Waals surface area contributed by atoms with Gasteiger partial charge in [-0.2, -0.15) is 0 Å². The molecule has 0 heterocycles. The number of rotatable bonds is 44. The van der Waals surface area contributed by atoms with Gasteiger partial charge in [-0.3, -0.25) is 13.8 Å². The maximum Gasteiger partial charge on any atom is 0.472 e. The van der Waals surface area contributed by atoms with Gasteiger partial charge < -0.3 is 24.6 Å². The molecule has 9 nitrogen and oxygen atoms in total. The van der Waals surface area contributed by atoms with Crippen molar-refractivity contribution in [2.45, 2.75) is 193 Å². The van der Waals surface area contributed by atoms with Gasteiger partial charge in [0.1, 0.15) is 12.2 Å². The second-order valence-electron chi connectivity index (χ2n) is 15.4. The second kappa shape index (κ2) is 46.2. The predicted molar refractivity (Wildman–Crippen MR) is 251 cm³/mol. The summed E-state index contributed by atoms with van der Waals surface area (Å²) in [4.78, 5) is 22.6. The van der Waals surface area contributed by atoms with E-state index in [1.807, 2.05) is 0 Å². The molecule has 0 aliphatic carbocycles. The van der Waals surface area contributed by atoms with Gasteiger partial charge in [0.05, 0.1) is 26.4 Å². The van der Waals surface area contributed by atoms with Crippen LogP contribution in [-0.2, 0) is 27.9 Å². The Morgan fingerprint density at radius 3 is 1.43 bits per heavy atom. The van der Waals surface area contributed by atoms with Gasteiger partial charge in [0.2, 0.25) is 0 Å². The van der Waals surface area contributed by atoms with Crippen molar-refractivity contribution in [1.29, 1.82) is 0 Å². The smallest absolute Gasteiger partial charge is 0.457 e. The quantitative estimate of drug-likeness (QED) is 0.0237. The van der Waals surface area contributed by atoms with E-state index in [0.717, 1.165) is 96.3 Å². The molecular formula is C50H87O9P. The van der Waals surface area contributed by atoms with E-state index >= 15 is 0 Å². The molecule has 3 unspecified atom stereocenters. The van der Waals surface area contributed by atoms with Crippen molar-refractivity contribution in [3.63, 3.8) is 0 Å². The predicted octanol–water partition coefficient (Wildman–Crippen LogP) is 13.5. The molecule has 0 aromatic carbocycles. The standard InChI is InChI=1S/C50H87O9P/c1-3-5-7-9-11-13-15-17-19-21-23-25-27-29-31-33-35-37-39-41-43-56-46-49(47-58-60(54,55)57-45-48(52)44-51)59-50(53)42-40-38-36-34-32-30-28-26-24-22-20-18-16-14-12-10-8-6-4-2/h5,7,11-14,17-20,23,25,29,31,48-49,51-52H,3-4,6,8-10,15-16,21-22,24,26-28,30,32-47H2,1-2H3,(H,54,55)/b7-5-,13-11-,14-12-,19-17-,20-18-,25-23-,31-29-. The summed E-state index contributed by atoms with van der Waals surface area (Å²) in [7, 11) is -4.54. The Hall–Kier alpha value is -2.36. The molecule has 10 heteroatoms. The molecule has 0 aliphatic heterocycles. The SMILES string of the molecule is CC/C=C\C/C=C\C/C=C\C/C=C\C/C=C\CCCCCCOCC(COP(=O)(O)OCC(O)CO)OC(=O)CCCCCCCCCCC/C=C\C/C=C\CCCCC. The number of unbranched alkanes of at least 4 members (excludes halogenated alkanes) is 16. The first-order valence-corrected chi connectivity index (χ1v) is 25.1. The Kier molecular flexibility index (Phi) is 44.3. The zero-order valence-electron chi connectivity index (χ0n) is 37.9. The molecule has 0 spiro atoms. The lowest BCUT2D eigenvalue weighted by Gasteiger charge is -2.20. The van der Waals surface area contributed by atoms with Crippen LogP contribution in [0.5, 0.6) is 0 Å². The van der Waals surface area contributed by atoms with E-state index in [1.165, 1.54) is 57.8 Å². The summed E-state index contributed by atoms with van der Waals surface area (Å²) in [6.07, 6.45) is 56.8. The molecular weight excluding hydrogens is 776 g/mol. The van der Waals surface area contributed by atoms with Gasteiger partial charge in [-0.15, -0.1) is 0 Å². The summed E-state index contributed by atoms with van der Waals surface area (Å²) in [6, 6.07) is 0. The highest BCUT2D eigenvalue weighted by Gasteiger charge is 2.26. The average Bonchev–Trinajstić information content (AvgIpc) is 3.24. The van der Waals surface area contributed by atoms with Crippen molar-refractivity contribution >= 4 is 13.8 Å². The molecule has 0 radical (unpaired) electrons. The maximum atomic E-state index is 12.7. The molecule has 0 saturated heterocycles. The topological polar surface area (TPSA) is 132 Å². The summed E-state index contributed by atoms with van der Waals surface area (Å²) in [5.41, 5.74) is 0. The Morgan fingerprint density at radius 2 is 0.950 bits per heavy atom. The van der Waals surface area contributed by atoms with Crippen LogP contribution in [0.4, 0.5) is 0 Å². The van der Waals surface area contributed by atoms with Crippen molar-refractivity contribution < 1.29 is 43.0 Å². The Labute approximate surface area is 366 Å². The summed E-state index contributed by atoms with van der Waals surface area (Å²) in [5, 5.41) is 18.4. The molecule has 0 aliphatic rings. The van der Waals surface area contributed by atoms with E-state index in [-0.39, 0.29) is 13.0 Å². The van der Waals surface area contributed by atoms with Gasteiger partial charge in [-0.05, 0) is 89.9 Å². The zero-order chi connectivity index (χ0) is 43.9. The van der Waals surface area contributed by atoms with E-state index in [4.69, 9.17) is 23.6 Å². The van der Waals surface area contributed by atoms with Crippen LogP contribution in [0.15, 0.2) is 85.1 Å². The molecule has 0 amide bonds. The number of phosphoric acid groups is 1. The van der Waals surface area contributed by atoms with Crippen LogP contribution in [-0.4, -0.2) is 66.3 Å². The minimum absolute atomic E-state index is 0.0257. The third-order valence-corrected chi connectivity index (χ3v) is 10.5. The van der Waals surface area contributed by atoms with Crippen LogP contribution in [0.1, 0.15) is 181 Å². The van der Waals surface area contributed by atoms with Crippen molar-refractivity contribution in [2.75, 3.05) is 33.0 Å². The fourth-order valence-electron chi connectivity index (χ4n) is 6.00. The number of hydrogen-bond acceptors (Lipinski definition) is 8. The lowest BCUT2D eigenvalue weighted by molar-refractivity contribution is -0.154. The number of phosphoric ester groups is 1. The minimum Gasteiger partial charge on any atom is -0.457 e. The fraction of sp³-hybridized carbons (Fsp3) is 0.700. The number of allylic oxidation sites excluding steroid dienone is 14. The first-order chi connectivity index (χ1) is 29.3. The molecule has 0 rings (SSSR count). The van der Waals surface area contributed by atoms with Crippen LogP contribution < -0.4 is 0 Å². The van der Waals surface area contributed by atoms with Crippen LogP contribution in [0.25, 0.3) is 0 Å². The Morgan fingerprint density at radius 1 is 0.533 bits per heavy atom. The normalized spacial score (nSPS) is 14.7. The number of ether oxygens (including phenoxy) is 2. The summed E-state index contributed by atoms with van der Waals surface area (Å²) < 4.78 is 33.4. The molecule has 0 fully saturated rings. The number of aliphatic hydroxyl groups excluding tert-OH is 2. The minimum atomic E-state index is -4.54. The van der Waals surface area contributed by atoms with E-state index in [1.54, 1.807) is 0 Å². The molecule has 0 bridgehead atoms. The maximum absolute atomic E-state index is 12.7. The number of carbonyl (C=O) groups is 1. The first kappa shape index (κ1) is 57.6. The molecule has 0 aromatic rings. The van der Waals surface area contributed by atoms with Crippen LogP contribution in [0, 0.1) is 0 Å². The lowest BCUT2D eigenvalue weighted by Crippen LogP contribution is -2.29. The molecule has 3 atom stereocenters. The molecule has 3 N–H and O–H groups in total. The highest BCUT2D eigenvalue weighted by Crippen LogP contribution is 2.43. The third kappa shape index (κ3) is 45.2. The third-order valence-electron chi connectivity index (χ3n) is 9.56. The van der Waals surface area contributed by atoms with Gasteiger partial charge >= 0.3 is 13.8 Å². The van der Waals surface area contributed by atoms with Gasteiger partial charge in [0.15, 0.2) is 0 Å². The molecule has 60 heavy (non-hydrogen) atoms. The molecule has 0 saturated carbocycles. The first-order valence-electron chi connectivity index (χ1n) is 23.6. The highest BCUT2D eigenvalue weighted by molar-refractivity contribution is 7.47. The zero-order valence-corrected chi connectivity index (χ0v) is 38.8. The van der Waals surface area contributed by atoms with Crippen molar-refractivity contribution in [3.8, 4) is 0 Å². The highest BCUT2D eigenvalue weighted by atomic mass is 31.2. The number of hydrogen-bond donors (Lipinski definition) is 3. The van der Waals surface area contributed by atoms with Gasteiger partial charge in [-0.1, -0.05) is 170 Å². The average molecular weight is 863 g/mol. The monoisotopic (exact) mass is 863 g/mol. The fourth-order valence-corrected chi connectivity index (χ4v) is 6.79. The van der Waals surface area contributed by atoms with Crippen molar-refractivity contribution in [3.05, 3.63) is 85.1 Å². The van der Waals surface area contributed by atoms with Crippen LogP contribution >= 0.6 is 7.82 Å². The van der Waals surface area contributed by atoms with Crippen LogP contribution in [0.2, 0.25) is 0 Å². The summed E-state index contributed by atoms with van der Waals surface area (Å²) in [5.74, 6) is -0.399. The number of carbonyl (C=O) groups excluding carboxylic acids is 1. The van der Waals surface area contributed by atoms with E-state index in [0.29, 0.717) is 13.0 Å². The Balaban J connectivity index is 4.21. The van der Waals surface area contributed by atoms with Crippen LogP contribution in [0.3, 0.4) is 0 Å². The van der Waals surface area contributed by atoms with Gasteiger partial charge in [0, 0.05) is 13.0 Å². The van der Waals surface area contributed by atoms with E-state index in [2.05, 4.69) is 98.9 Å². The van der Waals surface area contributed by atoms with E-state index in [9.17, 15) is 19.4 Å².